The van der Waals surface area contributed by atoms with E-state index < -0.39 is 12.3 Å². The van der Waals surface area contributed by atoms with Gasteiger partial charge < -0.3 is 23.8 Å². The van der Waals surface area contributed by atoms with Gasteiger partial charge in [-0.3, -0.25) is 19.2 Å². The van der Waals surface area contributed by atoms with Crippen LogP contribution in [0.1, 0.15) is 6.23 Å². The normalized spacial score (nSPS) is 27.5. The van der Waals surface area contributed by atoms with Gasteiger partial charge in [0, 0.05) is 47.9 Å². The molecule has 4 atom stereocenters. The Morgan fingerprint density at radius 1 is 1.29 bits per heavy atom. The minimum Gasteiger partial charge on any atom is -0.379 e. The van der Waals surface area contributed by atoms with Crippen LogP contribution in [0, 0.1) is 0 Å². The van der Waals surface area contributed by atoms with Gasteiger partial charge in [0.15, 0.2) is 17.4 Å². The average molecular weight is 435 g/mol. The average Bonchev–Trinajstić information content (AvgIpc) is 3.33. The third-order valence-electron chi connectivity index (χ3n) is 5.48. The van der Waals surface area contributed by atoms with Crippen LogP contribution in [0.3, 0.4) is 0 Å². The van der Waals surface area contributed by atoms with Gasteiger partial charge in [-0.1, -0.05) is 0 Å². The van der Waals surface area contributed by atoms with Crippen LogP contribution in [0.2, 0.25) is 0 Å². The van der Waals surface area contributed by atoms with Crippen molar-refractivity contribution in [2.45, 2.75) is 24.5 Å². The molecule has 0 spiro atoms. The standard InChI is InChI=1S/C19H29N7O5/c1-24(2)10-21-19-22-16-13(17(27)23-19)20-11-26(16)18-15(29-4)14(28-3)12(31-18)9-25-5-7-30-8-6-25/h10-12,14-15,18H,5-9H2,1-4H3,(H,22,23,27)/t12-,14?,15?,18-/m1/s1. The van der Waals surface area contributed by atoms with E-state index in [1.165, 1.54) is 0 Å². The molecule has 0 aliphatic carbocycles. The van der Waals surface area contributed by atoms with Gasteiger partial charge in [-0.15, -0.1) is 0 Å². The van der Waals surface area contributed by atoms with Gasteiger partial charge in [-0.05, 0) is 0 Å². The second kappa shape index (κ2) is 9.40. The number of aromatic nitrogens is 4. The first-order valence-electron chi connectivity index (χ1n) is 10.2. The van der Waals surface area contributed by atoms with Crippen molar-refractivity contribution in [2.24, 2.45) is 4.99 Å². The molecule has 170 valence electrons. The van der Waals surface area contributed by atoms with Crippen LogP contribution in [0.4, 0.5) is 5.95 Å². The van der Waals surface area contributed by atoms with Crippen LogP contribution in [-0.4, -0.2) is 115 Å². The minimum absolute atomic E-state index is 0.188. The monoisotopic (exact) mass is 435 g/mol. The van der Waals surface area contributed by atoms with E-state index in [0.717, 1.165) is 13.1 Å². The summed E-state index contributed by atoms with van der Waals surface area (Å²) in [6.07, 6.45) is 1.66. The summed E-state index contributed by atoms with van der Waals surface area (Å²) in [5.74, 6) is 0.188. The van der Waals surface area contributed by atoms with Gasteiger partial charge in [-0.25, -0.2) is 9.98 Å². The Morgan fingerprint density at radius 3 is 2.71 bits per heavy atom. The maximum Gasteiger partial charge on any atom is 0.280 e. The van der Waals surface area contributed by atoms with E-state index in [9.17, 15) is 4.79 Å². The molecule has 4 heterocycles. The first-order chi connectivity index (χ1) is 15.0. The van der Waals surface area contributed by atoms with Crippen molar-refractivity contribution in [2.75, 3.05) is 61.2 Å². The number of aromatic amines is 1. The second-order valence-electron chi connectivity index (χ2n) is 7.80. The van der Waals surface area contributed by atoms with E-state index in [0.29, 0.717) is 25.4 Å². The highest BCUT2D eigenvalue weighted by Crippen LogP contribution is 2.35. The molecule has 2 unspecified atom stereocenters. The van der Waals surface area contributed by atoms with Crippen LogP contribution in [0.5, 0.6) is 0 Å². The molecule has 12 heteroatoms. The first kappa shape index (κ1) is 21.8. The number of methoxy groups -OCH3 is 2. The van der Waals surface area contributed by atoms with Gasteiger partial charge in [0.2, 0.25) is 5.95 Å². The van der Waals surface area contributed by atoms with E-state index >= 15 is 0 Å². The number of hydrogen-bond donors (Lipinski definition) is 1. The zero-order valence-corrected chi connectivity index (χ0v) is 18.2. The van der Waals surface area contributed by atoms with Gasteiger partial charge in [0.25, 0.3) is 5.56 Å². The van der Waals surface area contributed by atoms with Crippen molar-refractivity contribution < 1.29 is 18.9 Å². The van der Waals surface area contributed by atoms with Gasteiger partial charge >= 0.3 is 0 Å². The lowest BCUT2D eigenvalue weighted by Gasteiger charge is -2.30. The minimum atomic E-state index is -0.550. The maximum atomic E-state index is 12.5. The Morgan fingerprint density at radius 2 is 2.03 bits per heavy atom. The van der Waals surface area contributed by atoms with Gasteiger partial charge in [-0.2, -0.15) is 4.98 Å². The Kier molecular flexibility index (Phi) is 6.62. The number of nitrogens with one attached hydrogen (secondary N) is 1. The summed E-state index contributed by atoms with van der Waals surface area (Å²) >= 11 is 0. The molecule has 2 fully saturated rings. The highest BCUT2D eigenvalue weighted by atomic mass is 16.6. The summed E-state index contributed by atoms with van der Waals surface area (Å²) < 4.78 is 25.1. The smallest absolute Gasteiger partial charge is 0.280 e. The molecule has 1 N–H and O–H groups in total. The number of imidazole rings is 1. The zero-order chi connectivity index (χ0) is 22.0. The van der Waals surface area contributed by atoms with Gasteiger partial charge in [0.1, 0.15) is 18.3 Å². The number of aliphatic imine (C=N–C) groups is 1. The third kappa shape index (κ3) is 4.48. The SMILES string of the molecule is COC1C(OC)[C@@H](CN2CCOCC2)O[C@H]1n1cnc2c(=O)[nH]c(N=CN(C)C)nc21. The van der Waals surface area contributed by atoms with E-state index in [1.54, 1.807) is 36.4 Å². The van der Waals surface area contributed by atoms with Crippen molar-refractivity contribution in [3.63, 3.8) is 0 Å². The van der Waals surface area contributed by atoms with Crippen LogP contribution in [0.25, 0.3) is 11.2 Å². The van der Waals surface area contributed by atoms with Crippen LogP contribution >= 0.6 is 0 Å². The summed E-state index contributed by atoms with van der Waals surface area (Å²) in [4.78, 5) is 32.1. The van der Waals surface area contributed by atoms with Crippen molar-refractivity contribution in [3.8, 4) is 0 Å². The van der Waals surface area contributed by atoms with Crippen LogP contribution in [-0.2, 0) is 18.9 Å². The molecule has 0 aromatic carbocycles. The predicted molar refractivity (Wildman–Crippen MR) is 113 cm³/mol. The topological polar surface area (TPSA) is 119 Å². The fraction of sp³-hybridized carbons (Fsp3) is 0.684. The highest BCUT2D eigenvalue weighted by molar-refractivity contribution is 5.71. The number of morpholine rings is 1. The molecule has 0 amide bonds. The highest BCUT2D eigenvalue weighted by Gasteiger charge is 2.47. The number of hydrogen-bond acceptors (Lipinski definition) is 9. The summed E-state index contributed by atoms with van der Waals surface area (Å²) in [5, 5.41) is 0. The van der Waals surface area contributed by atoms with Crippen LogP contribution < -0.4 is 5.56 Å². The second-order valence-corrected chi connectivity index (χ2v) is 7.80. The molecule has 0 saturated carbocycles. The molecule has 4 rings (SSSR count). The molecular formula is C19H29N7O5. The quantitative estimate of drug-likeness (QED) is 0.458. The number of nitrogens with zero attached hydrogens (tertiary/aromatic N) is 6. The maximum absolute atomic E-state index is 12.5. The number of rotatable bonds is 7. The van der Waals surface area contributed by atoms with E-state index in [-0.39, 0.29) is 29.2 Å². The molecule has 2 aliphatic heterocycles. The molecule has 2 aromatic rings. The lowest BCUT2D eigenvalue weighted by Crippen LogP contribution is -2.45. The number of H-pyrrole nitrogens is 1. The Balaban J connectivity index is 1.66. The van der Waals surface area contributed by atoms with Crippen molar-refractivity contribution in [3.05, 3.63) is 16.7 Å². The fourth-order valence-corrected chi connectivity index (χ4v) is 3.99. The van der Waals surface area contributed by atoms with Crippen molar-refractivity contribution in [1.29, 1.82) is 0 Å². The molecule has 0 radical (unpaired) electrons. The first-order valence-corrected chi connectivity index (χ1v) is 10.2. The molecular weight excluding hydrogens is 406 g/mol. The summed E-state index contributed by atoms with van der Waals surface area (Å²) in [6.45, 7) is 3.79. The third-order valence-corrected chi connectivity index (χ3v) is 5.48. The van der Waals surface area contributed by atoms with Gasteiger partial charge in [0.05, 0.1) is 25.9 Å². The predicted octanol–water partition coefficient (Wildman–Crippen LogP) is -0.399. The lowest BCUT2D eigenvalue weighted by molar-refractivity contribution is -0.0605. The van der Waals surface area contributed by atoms with Crippen LogP contribution in [0.15, 0.2) is 16.1 Å². The van der Waals surface area contributed by atoms with Crippen molar-refractivity contribution >= 4 is 23.5 Å². The Hall–Kier alpha value is -2.38. The van der Waals surface area contributed by atoms with E-state index in [2.05, 4.69) is 24.8 Å². The zero-order valence-electron chi connectivity index (χ0n) is 18.2. The molecule has 0 bridgehead atoms. The van der Waals surface area contributed by atoms with E-state index in [1.807, 2.05) is 14.1 Å². The summed E-state index contributed by atoms with van der Waals surface area (Å²) in [7, 11) is 6.94. The number of ether oxygens (including phenoxy) is 4. The lowest BCUT2D eigenvalue weighted by atomic mass is 10.1. The molecule has 2 aliphatic rings. The molecule has 2 saturated heterocycles. The Labute approximate surface area is 179 Å². The summed E-state index contributed by atoms with van der Waals surface area (Å²) in [6, 6.07) is 0. The van der Waals surface area contributed by atoms with Crippen molar-refractivity contribution in [1.82, 2.24) is 29.3 Å². The summed E-state index contributed by atoms with van der Waals surface area (Å²) in [5.41, 5.74) is 0.228. The fourth-order valence-electron chi connectivity index (χ4n) is 3.99. The molecule has 12 nitrogen and oxygen atoms in total. The van der Waals surface area contributed by atoms with E-state index in [4.69, 9.17) is 18.9 Å². The Bertz CT molecular complexity index is 968. The largest absolute Gasteiger partial charge is 0.379 e. The molecule has 31 heavy (non-hydrogen) atoms. The number of fused-ring (bicyclic) bond motifs is 1. The molecule has 2 aromatic heterocycles.